The molecule has 1 aliphatic rings. The van der Waals surface area contributed by atoms with Crippen molar-refractivity contribution >= 4 is 17.5 Å². The zero-order chi connectivity index (χ0) is 20.8. The number of carbonyl (C=O) groups excluding carboxylic acids is 2. The van der Waals surface area contributed by atoms with Crippen LogP contribution in [-0.4, -0.2) is 52.8 Å². The monoisotopic (exact) mass is 404 g/mol. The average molecular weight is 404 g/mol. The first-order valence-corrected chi connectivity index (χ1v) is 10.0. The number of ether oxygens (including phenoxy) is 1. The van der Waals surface area contributed by atoms with Gasteiger partial charge < -0.3 is 15.0 Å². The minimum absolute atomic E-state index is 0.0843. The molecule has 30 heavy (non-hydrogen) atoms. The third kappa shape index (κ3) is 5.12. The summed E-state index contributed by atoms with van der Waals surface area (Å²) < 4.78 is 7.05. The van der Waals surface area contributed by atoms with E-state index in [4.69, 9.17) is 4.74 Å². The van der Waals surface area contributed by atoms with Crippen LogP contribution in [0.15, 0.2) is 67.0 Å². The summed E-state index contributed by atoms with van der Waals surface area (Å²) in [6.07, 6.45) is 4.25. The maximum atomic E-state index is 12.4. The number of hydrogen-bond acceptors (Lipinski definition) is 4. The largest absolute Gasteiger partial charge is 0.378 e. The highest BCUT2D eigenvalue weighted by molar-refractivity contribution is 5.92. The number of anilines is 1. The first kappa shape index (κ1) is 19.8. The van der Waals surface area contributed by atoms with Gasteiger partial charge in [0.05, 0.1) is 31.7 Å². The average Bonchev–Trinajstić information content (AvgIpc) is 3.31. The molecule has 0 aliphatic carbocycles. The van der Waals surface area contributed by atoms with Crippen molar-refractivity contribution in [3.05, 3.63) is 78.1 Å². The van der Waals surface area contributed by atoms with Gasteiger partial charge >= 0.3 is 0 Å². The summed E-state index contributed by atoms with van der Waals surface area (Å²) in [6, 6.07) is 17.0. The van der Waals surface area contributed by atoms with Gasteiger partial charge in [-0.25, -0.2) is 4.68 Å². The van der Waals surface area contributed by atoms with Gasteiger partial charge in [-0.3, -0.25) is 9.59 Å². The molecular weight excluding hydrogens is 380 g/mol. The Morgan fingerprint density at radius 3 is 2.27 bits per heavy atom. The molecule has 1 saturated heterocycles. The van der Waals surface area contributed by atoms with Crippen LogP contribution in [0.1, 0.15) is 11.1 Å². The third-order valence-electron chi connectivity index (χ3n) is 5.03. The molecule has 2 amide bonds. The van der Waals surface area contributed by atoms with Crippen molar-refractivity contribution in [3.63, 3.8) is 0 Å². The fraction of sp³-hybridized carbons (Fsp3) is 0.261. The number of nitrogens with one attached hydrogen (secondary N) is 1. The molecule has 0 saturated carbocycles. The van der Waals surface area contributed by atoms with Crippen LogP contribution in [0, 0.1) is 0 Å². The van der Waals surface area contributed by atoms with E-state index >= 15 is 0 Å². The second-order valence-electron chi connectivity index (χ2n) is 7.21. The third-order valence-corrected chi connectivity index (χ3v) is 5.03. The molecule has 0 spiro atoms. The number of amides is 2. The molecule has 154 valence electrons. The molecule has 0 radical (unpaired) electrons. The normalized spacial score (nSPS) is 13.8. The Morgan fingerprint density at radius 2 is 1.60 bits per heavy atom. The van der Waals surface area contributed by atoms with Gasteiger partial charge in [-0.15, -0.1) is 0 Å². The van der Waals surface area contributed by atoms with E-state index in [1.807, 2.05) is 65.7 Å². The van der Waals surface area contributed by atoms with E-state index < -0.39 is 0 Å². The zero-order valence-corrected chi connectivity index (χ0v) is 16.7. The van der Waals surface area contributed by atoms with Crippen LogP contribution in [0.3, 0.4) is 0 Å². The van der Waals surface area contributed by atoms with Crippen LogP contribution < -0.4 is 5.32 Å². The van der Waals surface area contributed by atoms with E-state index in [-0.39, 0.29) is 18.2 Å². The molecule has 1 aromatic heterocycles. The fourth-order valence-electron chi connectivity index (χ4n) is 3.38. The van der Waals surface area contributed by atoms with Gasteiger partial charge in [-0.2, -0.15) is 5.10 Å². The predicted molar refractivity (Wildman–Crippen MR) is 113 cm³/mol. The molecule has 0 atom stereocenters. The molecule has 1 fully saturated rings. The highest BCUT2D eigenvalue weighted by atomic mass is 16.5. The molecule has 7 heteroatoms. The highest BCUT2D eigenvalue weighted by Gasteiger charge is 2.17. The summed E-state index contributed by atoms with van der Waals surface area (Å²) in [5, 5.41) is 7.10. The van der Waals surface area contributed by atoms with Gasteiger partial charge in [0.1, 0.15) is 0 Å². The zero-order valence-electron chi connectivity index (χ0n) is 16.7. The highest BCUT2D eigenvalue weighted by Crippen LogP contribution is 2.13. The Morgan fingerprint density at radius 1 is 0.933 bits per heavy atom. The van der Waals surface area contributed by atoms with Crippen LogP contribution in [0.25, 0.3) is 5.69 Å². The minimum atomic E-state index is -0.0843. The van der Waals surface area contributed by atoms with Crippen molar-refractivity contribution in [1.29, 1.82) is 0 Å². The quantitative estimate of drug-likeness (QED) is 0.685. The number of rotatable bonds is 6. The van der Waals surface area contributed by atoms with Crippen LogP contribution in [0.4, 0.5) is 5.69 Å². The number of hydrogen-bond donors (Lipinski definition) is 1. The second-order valence-corrected chi connectivity index (χ2v) is 7.21. The predicted octanol–water partition coefficient (Wildman–Crippen LogP) is 2.45. The van der Waals surface area contributed by atoms with Gasteiger partial charge in [0.25, 0.3) is 0 Å². The van der Waals surface area contributed by atoms with Gasteiger partial charge in [-0.05, 0) is 41.5 Å². The van der Waals surface area contributed by atoms with E-state index in [0.717, 1.165) is 22.5 Å². The number of benzene rings is 2. The molecule has 1 aliphatic heterocycles. The minimum Gasteiger partial charge on any atom is -0.378 e. The summed E-state index contributed by atoms with van der Waals surface area (Å²) in [6.45, 7) is 2.50. The van der Waals surface area contributed by atoms with E-state index in [2.05, 4.69) is 10.4 Å². The van der Waals surface area contributed by atoms with Crippen LogP contribution in [0.2, 0.25) is 0 Å². The molecule has 4 rings (SSSR count). The molecule has 7 nitrogen and oxygen atoms in total. The molecule has 1 N–H and O–H groups in total. The SMILES string of the molecule is O=C(Cc1ccc(-n2cccn2)cc1)Nc1ccc(CC(=O)N2CCOCC2)cc1. The Bertz CT molecular complexity index is 976. The van der Waals surface area contributed by atoms with Crippen molar-refractivity contribution < 1.29 is 14.3 Å². The van der Waals surface area contributed by atoms with Crippen molar-refractivity contribution in [2.45, 2.75) is 12.8 Å². The Hall–Kier alpha value is -3.45. The maximum absolute atomic E-state index is 12.4. The number of carbonyl (C=O) groups is 2. The topological polar surface area (TPSA) is 76.5 Å². The molecule has 0 unspecified atom stereocenters. The van der Waals surface area contributed by atoms with Crippen molar-refractivity contribution in [2.24, 2.45) is 0 Å². The first-order valence-electron chi connectivity index (χ1n) is 10.0. The van der Waals surface area contributed by atoms with E-state index in [9.17, 15) is 9.59 Å². The molecular formula is C23H24N4O3. The Labute approximate surface area is 175 Å². The van der Waals surface area contributed by atoms with Crippen molar-refractivity contribution in [3.8, 4) is 5.69 Å². The van der Waals surface area contributed by atoms with E-state index in [0.29, 0.717) is 32.7 Å². The summed E-state index contributed by atoms with van der Waals surface area (Å²) in [5.41, 5.74) is 3.52. The lowest BCUT2D eigenvalue weighted by Gasteiger charge is -2.26. The molecule has 0 bridgehead atoms. The Balaban J connectivity index is 1.28. The number of nitrogens with zero attached hydrogens (tertiary/aromatic N) is 3. The maximum Gasteiger partial charge on any atom is 0.228 e. The van der Waals surface area contributed by atoms with Gasteiger partial charge in [0.15, 0.2) is 0 Å². The van der Waals surface area contributed by atoms with Crippen LogP contribution in [0.5, 0.6) is 0 Å². The van der Waals surface area contributed by atoms with Crippen LogP contribution >= 0.6 is 0 Å². The smallest absolute Gasteiger partial charge is 0.228 e. The fourth-order valence-corrected chi connectivity index (χ4v) is 3.38. The second kappa shape index (κ2) is 9.37. The molecule has 2 heterocycles. The van der Waals surface area contributed by atoms with Gasteiger partial charge in [0, 0.05) is 31.2 Å². The lowest BCUT2D eigenvalue weighted by atomic mass is 10.1. The summed E-state index contributed by atoms with van der Waals surface area (Å²) in [5.74, 6) is 0.0210. The molecule has 2 aromatic carbocycles. The lowest BCUT2D eigenvalue weighted by Crippen LogP contribution is -2.41. The lowest BCUT2D eigenvalue weighted by molar-refractivity contribution is -0.134. The number of aromatic nitrogens is 2. The van der Waals surface area contributed by atoms with E-state index in [1.54, 1.807) is 10.9 Å². The standard InChI is InChI=1S/C23H24N4O3/c28-22(16-18-4-8-21(9-5-18)27-11-1-10-24-27)25-20-6-2-19(3-7-20)17-23(29)26-12-14-30-15-13-26/h1-11H,12-17H2,(H,25,28). The summed E-state index contributed by atoms with van der Waals surface area (Å²) in [7, 11) is 0. The van der Waals surface area contributed by atoms with Crippen LogP contribution in [-0.2, 0) is 27.2 Å². The van der Waals surface area contributed by atoms with Gasteiger partial charge in [-0.1, -0.05) is 24.3 Å². The summed E-state index contributed by atoms with van der Waals surface area (Å²) in [4.78, 5) is 26.5. The first-order chi connectivity index (χ1) is 14.7. The van der Waals surface area contributed by atoms with Crippen molar-refractivity contribution in [1.82, 2.24) is 14.7 Å². The summed E-state index contributed by atoms with van der Waals surface area (Å²) >= 11 is 0. The van der Waals surface area contributed by atoms with Gasteiger partial charge in [0.2, 0.25) is 11.8 Å². The Kier molecular flexibility index (Phi) is 6.20. The van der Waals surface area contributed by atoms with Crippen molar-refractivity contribution in [2.75, 3.05) is 31.6 Å². The molecule has 3 aromatic rings. The van der Waals surface area contributed by atoms with E-state index in [1.165, 1.54) is 0 Å². The number of morpholine rings is 1.